The zero-order chi connectivity index (χ0) is 9.14. The van der Waals surface area contributed by atoms with Crippen molar-refractivity contribution in [3.63, 3.8) is 0 Å². The monoisotopic (exact) mass is 231 g/mol. The van der Waals surface area contributed by atoms with Crippen molar-refractivity contribution in [3.8, 4) is 0 Å². The number of carbonyl (C=O) groups excluding carboxylic acids is 1. The van der Waals surface area contributed by atoms with Crippen LogP contribution in [0.2, 0.25) is 0 Å². The lowest BCUT2D eigenvalue weighted by Gasteiger charge is -1.99. The Morgan fingerprint density at radius 2 is 2.33 bits per heavy atom. The molecule has 0 aliphatic carbocycles. The van der Waals surface area contributed by atoms with Crippen molar-refractivity contribution in [1.82, 2.24) is 4.98 Å². The minimum Gasteiger partial charge on any atom is -0.465 e. The highest BCUT2D eigenvalue weighted by Crippen LogP contribution is 2.13. The van der Waals surface area contributed by atoms with Gasteiger partial charge in [0.25, 0.3) is 0 Å². The Kier molecular flexibility index (Phi) is 2.65. The SMILES string of the molecule is COC(=O)c1c[nH]c(=O)cc1Br. The molecule has 1 aromatic heterocycles. The summed E-state index contributed by atoms with van der Waals surface area (Å²) in [7, 11) is 1.28. The van der Waals surface area contributed by atoms with Crippen LogP contribution in [-0.4, -0.2) is 18.1 Å². The Morgan fingerprint density at radius 3 is 2.83 bits per heavy atom. The van der Waals surface area contributed by atoms with Crippen LogP contribution in [0.5, 0.6) is 0 Å². The van der Waals surface area contributed by atoms with E-state index in [1.165, 1.54) is 19.4 Å². The summed E-state index contributed by atoms with van der Waals surface area (Å²) in [6.07, 6.45) is 1.30. The number of halogens is 1. The van der Waals surface area contributed by atoms with Gasteiger partial charge < -0.3 is 9.72 Å². The molecule has 4 nitrogen and oxygen atoms in total. The van der Waals surface area contributed by atoms with E-state index in [0.29, 0.717) is 10.0 Å². The van der Waals surface area contributed by atoms with Gasteiger partial charge >= 0.3 is 5.97 Å². The van der Waals surface area contributed by atoms with Crippen molar-refractivity contribution >= 4 is 21.9 Å². The number of methoxy groups -OCH3 is 1. The second-order valence-electron chi connectivity index (χ2n) is 2.05. The second kappa shape index (κ2) is 3.53. The standard InChI is InChI=1S/C7H6BrNO3/c1-12-7(11)4-3-9-6(10)2-5(4)8/h2-3H,1H3,(H,9,10). The first kappa shape index (κ1) is 8.99. The molecule has 0 amide bonds. The molecule has 64 valence electrons. The first-order valence-electron chi connectivity index (χ1n) is 3.11. The van der Waals surface area contributed by atoms with Crippen LogP contribution in [0, 0.1) is 0 Å². The molecular weight excluding hydrogens is 226 g/mol. The summed E-state index contributed by atoms with van der Waals surface area (Å²) in [5, 5.41) is 0. The van der Waals surface area contributed by atoms with Crippen molar-refractivity contribution in [2.45, 2.75) is 0 Å². The predicted molar refractivity (Wildman–Crippen MR) is 46.1 cm³/mol. The van der Waals surface area contributed by atoms with Gasteiger partial charge in [-0.15, -0.1) is 0 Å². The third kappa shape index (κ3) is 1.73. The van der Waals surface area contributed by atoms with Crippen LogP contribution in [0.4, 0.5) is 0 Å². The molecule has 12 heavy (non-hydrogen) atoms. The second-order valence-corrected chi connectivity index (χ2v) is 2.90. The van der Waals surface area contributed by atoms with Crippen molar-refractivity contribution in [2.75, 3.05) is 7.11 Å². The van der Waals surface area contributed by atoms with E-state index >= 15 is 0 Å². The maximum Gasteiger partial charge on any atom is 0.340 e. The highest BCUT2D eigenvalue weighted by Gasteiger charge is 2.09. The third-order valence-corrected chi connectivity index (χ3v) is 1.94. The zero-order valence-electron chi connectivity index (χ0n) is 6.26. The summed E-state index contributed by atoms with van der Waals surface area (Å²) in [4.78, 5) is 24.1. The highest BCUT2D eigenvalue weighted by atomic mass is 79.9. The minimum absolute atomic E-state index is 0.269. The molecule has 0 aliphatic rings. The van der Waals surface area contributed by atoms with E-state index in [4.69, 9.17) is 0 Å². The molecule has 1 heterocycles. The summed E-state index contributed by atoms with van der Waals surface area (Å²) < 4.78 is 4.89. The topological polar surface area (TPSA) is 59.2 Å². The molecule has 0 bridgehead atoms. The number of rotatable bonds is 1. The third-order valence-electron chi connectivity index (χ3n) is 1.28. The first-order valence-corrected chi connectivity index (χ1v) is 3.91. The summed E-state index contributed by atoms with van der Waals surface area (Å²) in [6.45, 7) is 0. The number of hydrogen-bond donors (Lipinski definition) is 1. The summed E-state index contributed by atoms with van der Waals surface area (Å²) >= 11 is 3.07. The number of H-pyrrole nitrogens is 1. The fraction of sp³-hybridized carbons (Fsp3) is 0.143. The van der Waals surface area contributed by atoms with E-state index in [0.717, 1.165) is 0 Å². The molecule has 1 N–H and O–H groups in total. The lowest BCUT2D eigenvalue weighted by molar-refractivity contribution is 0.0599. The van der Waals surface area contributed by atoms with Crippen LogP contribution in [-0.2, 0) is 4.74 Å². The maximum atomic E-state index is 11.0. The van der Waals surface area contributed by atoms with E-state index in [1.807, 2.05) is 0 Å². The van der Waals surface area contributed by atoms with Gasteiger partial charge in [-0.25, -0.2) is 4.79 Å². The Hall–Kier alpha value is -1.10. The highest BCUT2D eigenvalue weighted by molar-refractivity contribution is 9.10. The van der Waals surface area contributed by atoms with Crippen molar-refractivity contribution in [1.29, 1.82) is 0 Å². The number of carbonyl (C=O) groups is 1. The van der Waals surface area contributed by atoms with E-state index in [-0.39, 0.29) is 5.56 Å². The molecule has 0 aromatic carbocycles. The molecule has 0 spiro atoms. The lowest BCUT2D eigenvalue weighted by Crippen LogP contribution is -2.09. The summed E-state index contributed by atoms with van der Waals surface area (Å²) in [5.41, 5.74) is 0.0339. The Morgan fingerprint density at radius 1 is 1.67 bits per heavy atom. The smallest absolute Gasteiger partial charge is 0.340 e. The average molecular weight is 232 g/mol. The normalized spacial score (nSPS) is 9.50. The van der Waals surface area contributed by atoms with Gasteiger partial charge in [0.1, 0.15) is 0 Å². The Bertz CT molecular complexity index is 358. The molecule has 0 radical (unpaired) electrons. The van der Waals surface area contributed by atoms with E-state index in [2.05, 4.69) is 25.7 Å². The number of aromatic amines is 1. The number of nitrogens with one attached hydrogen (secondary N) is 1. The quantitative estimate of drug-likeness (QED) is 0.732. The molecule has 0 atom stereocenters. The number of pyridine rings is 1. The van der Waals surface area contributed by atoms with Crippen molar-refractivity contribution in [2.24, 2.45) is 0 Å². The Labute approximate surface area is 76.7 Å². The van der Waals surface area contributed by atoms with Gasteiger partial charge in [0.05, 0.1) is 12.7 Å². The van der Waals surface area contributed by atoms with E-state index in [1.54, 1.807) is 0 Å². The van der Waals surface area contributed by atoms with Crippen LogP contribution in [0.1, 0.15) is 10.4 Å². The van der Waals surface area contributed by atoms with Crippen LogP contribution in [0.15, 0.2) is 21.5 Å². The van der Waals surface area contributed by atoms with E-state index < -0.39 is 5.97 Å². The molecule has 1 aromatic rings. The van der Waals surface area contributed by atoms with Gasteiger partial charge in [-0.05, 0) is 15.9 Å². The van der Waals surface area contributed by atoms with Gasteiger partial charge in [0.15, 0.2) is 0 Å². The van der Waals surface area contributed by atoms with Gasteiger partial charge in [0, 0.05) is 16.7 Å². The predicted octanol–water partition coefficient (Wildman–Crippen LogP) is 0.924. The minimum atomic E-state index is -0.488. The molecule has 0 saturated heterocycles. The fourth-order valence-corrected chi connectivity index (χ4v) is 1.20. The molecule has 0 aliphatic heterocycles. The molecule has 5 heteroatoms. The Balaban J connectivity index is 3.18. The van der Waals surface area contributed by atoms with Crippen molar-refractivity contribution in [3.05, 3.63) is 32.7 Å². The number of ether oxygens (including phenoxy) is 1. The molecule has 0 saturated carbocycles. The number of hydrogen-bond acceptors (Lipinski definition) is 3. The van der Waals surface area contributed by atoms with Crippen molar-refractivity contribution < 1.29 is 9.53 Å². The van der Waals surface area contributed by atoms with Crippen LogP contribution in [0.25, 0.3) is 0 Å². The zero-order valence-corrected chi connectivity index (χ0v) is 7.84. The maximum absolute atomic E-state index is 11.0. The van der Waals surface area contributed by atoms with Crippen LogP contribution >= 0.6 is 15.9 Å². The molecular formula is C7H6BrNO3. The number of aromatic nitrogens is 1. The summed E-state index contributed by atoms with van der Waals surface area (Å²) in [5.74, 6) is -0.488. The fourth-order valence-electron chi connectivity index (χ4n) is 0.713. The number of esters is 1. The summed E-state index contributed by atoms with van der Waals surface area (Å²) in [6, 6.07) is 1.27. The average Bonchev–Trinajstić information content (AvgIpc) is 2.03. The van der Waals surface area contributed by atoms with Gasteiger partial charge in [-0.1, -0.05) is 0 Å². The van der Waals surface area contributed by atoms with Gasteiger partial charge in [-0.2, -0.15) is 0 Å². The van der Waals surface area contributed by atoms with Crippen LogP contribution < -0.4 is 5.56 Å². The molecule has 0 fully saturated rings. The molecule has 0 unspecified atom stereocenters. The first-order chi connectivity index (χ1) is 5.65. The van der Waals surface area contributed by atoms with Gasteiger partial charge in [-0.3, -0.25) is 4.79 Å². The largest absolute Gasteiger partial charge is 0.465 e. The van der Waals surface area contributed by atoms with Gasteiger partial charge in [0.2, 0.25) is 5.56 Å². The van der Waals surface area contributed by atoms with Crippen LogP contribution in [0.3, 0.4) is 0 Å². The van der Waals surface area contributed by atoms with E-state index in [9.17, 15) is 9.59 Å². The lowest BCUT2D eigenvalue weighted by atomic mass is 10.3. The molecule has 1 rings (SSSR count).